The molecule has 0 amide bonds. The fourth-order valence-electron chi connectivity index (χ4n) is 4.82. The van der Waals surface area contributed by atoms with Gasteiger partial charge in [0.25, 0.3) is 0 Å². The maximum absolute atomic E-state index is 2.40. The van der Waals surface area contributed by atoms with Gasteiger partial charge in [-0.3, -0.25) is 0 Å². The molecule has 2 saturated carbocycles. The Labute approximate surface area is 136 Å². The molecular formula is C19H26S2. The molecule has 0 bridgehead atoms. The lowest BCUT2D eigenvalue weighted by molar-refractivity contribution is 0.115. The van der Waals surface area contributed by atoms with Gasteiger partial charge in [-0.05, 0) is 75.3 Å². The molecule has 21 heavy (non-hydrogen) atoms. The third-order valence-corrected chi connectivity index (χ3v) is 8.78. The molecule has 0 aromatic carbocycles. The van der Waals surface area contributed by atoms with Gasteiger partial charge in [0.1, 0.15) is 0 Å². The van der Waals surface area contributed by atoms with Crippen LogP contribution in [0.5, 0.6) is 0 Å². The highest BCUT2D eigenvalue weighted by Gasteiger charge is 2.37. The molecule has 114 valence electrons. The van der Waals surface area contributed by atoms with Gasteiger partial charge in [-0.2, -0.15) is 0 Å². The summed E-state index contributed by atoms with van der Waals surface area (Å²) in [5.41, 5.74) is 2.37. The molecule has 0 unspecified atom stereocenters. The number of fused-ring (bicyclic) bond motifs is 1. The molecule has 2 aromatic heterocycles. The lowest BCUT2D eigenvalue weighted by Crippen LogP contribution is -2.29. The molecule has 0 radical (unpaired) electrons. The minimum Gasteiger partial charge on any atom is -0.139 e. The molecule has 0 nitrogen and oxygen atoms in total. The molecule has 2 aliphatic carbocycles. The van der Waals surface area contributed by atoms with Crippen molar-refractivity contribution in [1.82, 2.24) is 0 Å². The lowest BCUT2D eigenvalue weighted by Gasteiger charge is -2.43. The highest BCUT2D eigenvalue weighted by atomic mass is 32.1. The molecule has 2 aromatic rings. The Morgan fingerprint density at radius 2 is 1.67 bits per heavy atom. The number of rotatable bonds is 1. The predicted molar refractivity (Wildman–Crippen MR) is 95.9 cm³/mol. The van der Waals surface area contributed by atoms with Gasteiger partial charge in [-0.15, -0.1) is 22.7 Å². The van der Waals surface area contributed by atoms with E-state index >= 15 is 0 Å². The van der Waals surface area contributed by atoms with Crippen LogP contribution >= 0.6 is 22.7 Å². The van der Waals surface area contributed by atoms with Crippen molar-refractivity contribution in [3.63, 3.8) is 0 Å². The van der Waals surface area contributed by atoms with Crippen molar-refractivity contribution >= 4 is 32.1 Å². The first-order valence-electron chi connectivity index (χ1n) is 8.66. The molecule has 2 heteroatoms. The average molecular weight is 319 g/mol. The summed E-state index contributed by atoms with van der Waals surface area (Å²) in [6.45, 7) is 4.61. The molecule has 2 fully saturated rings. The second-order valence-corrected chi connectivity index (χ2v) is 9.82. The first-order chi connectivity index (χ1) is 10.2. The van der Waals surface area contributed by atoms with E-state index in [0.717, 1.165) is 11.3 Å². The Bertz CT molecular complexity index is 630. The van der Waals surface area contributed by atoms with Crippen molar-refractivity contribution in [1.29, 1.82) is 0 Å². The number of hydrogen-bond donors (Lipinski definition) is 0. The van der Waals surface area contributed by atoms with Crippen LogP contribution in [0.3, 0.4) is 0 Å². The summed E-state index contributed by atoms with van der Waals surface area (Å²) in [7, 11) is 0. The zero-order chi connectivity index (χ0) is 14.4. The Hall–Kier alpha value is -0.340. The van der Waals surface area contributed by atoms with E-state index in [0.29, 0.717) is 0 Å². The monoisotopic (exact) mass is 318 g/mol. The topological polar surface area (TPSA) is 0 Å². The maximum Gasteiger partial charge on any atom is 0.0485 e. The standard InChI is InChI=1S/C19H26S2/c1-13-12-16-18(20-13)14(2)17(21-16)15-6-10-19(11-7-15)8-4-3-5-9-19/h12,15H,3-11H2,1-2H3. The average Bonchev–Trinajstić information content (AvgIpc) is 2.99. The second kappa shape index (κ2) is 5.38. The summed E-state index contributed by atoms with van der Waals surface area (Å²) in [4.78, 5) is 3.19. The van der Waals surface area contributed by atoms with Crippen molar-refractivity contribution in [2.45, 2.75) is 77.6 Å². The van der Waals surface area contributed by atoms with Crippen LogP contribution in [0.2, 0.25) is 0 Å². The summed E-state index contributed by atoms with van der Waals surface area (Å²) in [6.07, 6.45) is 13.4. The zero-order valence-electron chi connectivity index (χ0n) is 13.3. The van der Waals surface area contributed by atoms with Crippen molar-refractivity contribution in [2.24, 2.45) is 5.41 Å². The number of thiophene rings is 2. The van der Waals surface area contributed by atoms with Gasteiger partial charge in [0.15, 0.2) is 0 Å². The lowest BCUT2D eigenvalue weighted by atomic mass is 9.63. The molecule has 2 heterocycles. The highest BCUT2D eigenvalue weighted by Crippen LogP contribution is 2.53. The third kappa shape index (κ3) is 2.49. The Balaban J connectivity index is 1.54. The van der Waals surface area contributed by atoms with E-state index in [2.05, 4.69) is 31.3 Å². The van der Waals surface area contributed by atoms with E-state index in [9.17, 15) is 0 Å². The van der Waals surface area contributed by atoms with E-state index in [1.807, 2.05) is 11.3 Å². The molecule has 2 aliphatic rings. The second-order valence-electron chi connectivity index (χ2n) is 7.48. The molecule has 1 spiro atoms. The van der Waals surface area contributed by atoms with E-state index in [4.69, 9.17) is 0 Å². The minimum absolute atomic E-state index is 0.758. The van der Waals surface area contributed by atoms with Crippen LogP contribution in [0.4, 0.5) is 0 Å². The Kier molecular flexibility index (Phi) is 3.66. The summed E-state index contributed by atoms with van der Waals surface area (Å²) in [6, 6.07) is 2.40. The number of aryl methyl sites for hydroxylation is 2. The summed E-state index contributed by atoms with van der Waals surface area (Å²) in [5, 5.41) is 0. The Morgan fingerprint density at radius 1 is 0.952 bits per heavy atom. The van der Waals surface area contributed by atoms with Crippen LogP contribution in [0.25, 0.3) is 9.40 Å². The summed E-state index contributed by atoms with van der Waals surface area (Å²) < 4.78 is 3.12. The Morgan fingerprint density at radius 3 is 2.33 bits per heavy atom. The van der Waals surface area contributed by atoms with E-state index in [1.165, 1.54) is 62.7 Å². The normalized spacial score (nSPS) is 23.1. The molecular weight excluding hydrogens is 292 g/mol. The fourth-order valence-corrected chi connectivity index (χ4v) is 7.51. The van der Waals surface area contributed by atoms with Gasteiger partial charge >= 0.3 is 0 Å². The quantitative estimate of drug-likeness (QED) is 0.522. The SMILES string of the molecule is Cc1cc2sc(C3CCC4(CCCCC4)CC3)c(C)c2s1. The first kappa shape index (κ1) is 14.3. The predicted octanol–water partition coefficient (Wildman–Crippen LogP) is 7.19. The van der Waals surface area contributed by atoms with Gasteiger partial charge in [0.05, 0.1) is 0 Å². The van der Waals surface area contributed by atoms with Crippen LogP contribution in [-0.4, -0.2) is 0 Å². The van der Waals surface area contributed by atoms with Crippen LogP contribution in [0.1, 0.15) is 79.0 Å². The van der Waals surface area contributed by atoms with Crippen molar-refractivity contribution in [3.8, 4) is 0 Å². The van der Waals surface area contributed by atoms with E-state index < -0.39 is 0 Å². The largest absolute Gasteiger partial charge is 0.139 e. The van der Waals surface area contributed by atoms with E-state index in [1.54, 1.807) is 19.8 Å². The summed E-state index contributed by atoms with van der Waals surface area (Å²) >= 11 is 4.09. The maximum atomic E-state index is 2.40. The smallest absolute Gasteiger partial charge is 0.0485 e. The van der Waals surface area contributed by atoms with Crippen molar-refractivity contribution < 1.29 is 0 Å². The molecule has 4 rings (SSSR count). The number of hydrogen-bond acceptors (Lipinski definition) is 2. The van der Waals surface area contributed by atoms with Crippen LogP contribution in [0.15, 0.2) is 6.07 Å². The van der Waals surface area contributed by atoms with Crippen LogP contribution in [-0.2, 0) is 0 Å². The van der Waals surface area contributed by atoms with Crippen LogP contribution < -0.4 is 0 Å². The zero-order valence-corrected chi connectivity index (χ0v) is 15.0. The third-order valence-electron chi connectivity index (χ3n) is 6.08. The van der Waals surface area contributed by atoms with Crippen LogP contribution in [0, 0.1) is 19.3 Å². The molecule has 0 atom stereocenters. The van der Waals surface area contributed by atoms with Gasteiger partial charge in [-0.1, -0.05) is 19.3 Å². The molecule has 0 saturated heterocycles. The highest BCUT2D eigenvalue weighted by molar-refractivity contribution is 7.28. The summed E-state index contributed by atoms with van der Waals surface area (Å²) in [5.74, 6) is 0.863. The van der Waals surface area contributed by atoms with Crippen molar-refractivity contribution in [2.75, 3.05) is 0 Å². The van der Waals surface area contributed by atoms with Gasteiger partial charge in [0.2, 0.25) is 0 Å². The minimum atomic E-state index is 0.758. The molecule has 0 N–H and O–H groups in total. The van der Waals surface area contributed by atoms with Crippen molar-refractivity contribution in [3.05, 3.63) is 21.4 Å². The first-order valence-corrected chi connectivity index (χ1v) is 10.3. The van der Waals surface area contributed by atoms with Gasteiger partial charge in [-0.25, -0.2) is 0 Å². The van der Waals surface area contributed by atoms with Gasteiger partial charge < -0.3 is 0 Å². The molecule has 0 aliphatic heterocycles. The van der Waals surface area contributed by atoms with E-state index in [-0.39, 0.29) is 0 Å². The van der Waals surface area contributed by atoms with Gasteiger partial charge in [0, 0.05) is 19.2 Å². The fraction of sp³-hybridized carbons (Fsp3) is 0.684.